The predicted molar refractivity (Wildman–Crippen MR) is 175 cm³/mol. The van der Waals surface area contributed by atoms with Crippen molar-refractivity contribution in [3.63, 3.8) is 0 Å². The molecule has 1 aliphatic heterocycles. The highest BCUT2D eigenvalue weighted by atomic mass is 16.7. The normalized spacial score (nSPS) is 23.5. The van der Waals surface area contributed by atoms with Crippen molar-refractivity contribution in [2.24, 2.45) is 0 Å². The summed E-state index contributed by atoms with van der Waals surface area (Å²) in [6.45, 7) is 3.77. The minimum absolute atomic E-state index is 0.133. The summed E-state index contributed by atoms with van der Waals surface area (Å²) >= 11 is 0. The number of rotatable bonds is 29. The van der Waals surface area contributed by atoms with Crippen molar-refractivity contribution < 1.29 is 39.8 Å². The third-order valence-corrected chi connectivity index (χ3v) is 8.96. The third-order valence-electron chi connectivity index (χ3n) is 8.96. The van der Waals surface area contributed by atoms with Gasteiger partial charge in [-0.3, -0.25) is 4.79 Å². The van der Waals surface area contributed by atoms with Crippen LogP contribution >= 0.6 is 0 Å². The molecule has 1 aliphatic rings. The lowest BCUT2D eigenvalue weighted by Gasteiger charge is -2.40. The molecular formula is C35H69NO8. The highest BCUT2D eigenvalue weighted by Crippen LogP contribution is 2.23. The van der Waals surface area contributed by atoms with Crippen molar-refractivity contribution in [1.29, 1.82) is 0 Å². The second-order valence-electron chi connectivity index (χ2n) is 13.0. The van der Waals surface area contributed by atoms with Crippen LogP contribution in [0.3, 0.4) is 0 Å². The summed E-state index contributed by atoms with van der Waals surface area (Å²) in [5.41, 5.74) is 0. The smallest absolute Gasteiger partial charge is 0.220 e. The lowest BCUT2D eigenvalue weighted by Crippen LogP contribution is -2.60. The Labute approximate surface area is 268 Å². The van der Waals surface area contributed by atoms with Gasteiger partial charge in [-0.25, -0.2) is 0 Å². The van der Waals surface area contributed by atoms with Crippen LogP contribution in [0.4, 0.5) is 0 Å². The molecule has 0 aromatic carbocycles. The average Bonchev–Trinajstić information content (AvgIpc) is 3.02. The van der Waals surface area contributed by atoms with Gasteiger partial charge in [-0.1, -0.05) is 142 Å². The Kier molecular flexibility index (Phi) is 25.6. The average molecular weight is 632 g/mol. The molecule has 7 atom stereocenters. The molecule has 1 rings (SSSR count). The van der Waals surface area contributed by atoms with Crippen molar-refractivity contribution in [3.05, 3.63) is 0 Å². The fourth-order valence-electron chi connectivity index (χ4n) is 5.92. The molecule has 0 aromatic heterocycles. The molecule has 6 N–H and O–H groups in total. The summed E-state index contributed by atoms with van der Waals surface area (Å²) in [7, 11) is 0. The van der Waals surface area contributed by atoms with Crippen molar-refractivity contribution in [3.8, 4) is 0 Å². The van der Waals surface area contributed by atoms with Gasteiger partial charge in [0.2, 0.25) is 5.91 Å². The summed E-state index contributed by atoms with van der Waals surface area (Å²) in [6.07, 6.45) is 18.3. The number of hydrogen-bond donors (Lipinski definition) is 6. The molecule has 262 valence electrons. The van der Waals surface area contributed by atoms with Gasteiger partial charge in [0.05, 0.1) is 25.4 Å². The highest BCUT2D eigenvalue weighted by Gasteiger charge is 2.44. The molecule has 0 radical (unpaired) electrons. The van der Waals surface area contributed by atoms with Crippen LogP contribution in [0.2, 0.25) is 0 Å². The lowest BCUT2D eigenvalue weighted by molar-refractivity contribution is -0.302. The standard InChI is InChI=1S/C35H69NO8/c1-3-5-7-9-11-13-14-15-16-17-18-20-22-24-29(38)28(36-31(39)25-23-21-19-12-10-8-6-4-2)27-43-35-34(42)33(41)32(40)30(26-37)44-35/h28-30,32-35,37-38,40-42H,3-27H2,1-2H3,(H,36,39)/t28-,29+,30+,32-,33?,34?,35+/m0/s1. The van der Waals surface area contributed by atoms with Gasteiger partial charge in [-0.15, -0.1) is 0 Å². The molecular weight excluding hydrogens is 562 g/mol. The summed E-state index contributed by atoms with van der Waals surface area (Å²) in [6, 6.07) is -0.707. The van der Waals surface area contributed by atoms with E-state index in [1.807, 2.05) is 0 Å². The monoisotopic (exact) mass is 632 g/mol. The van der Waals surface area contributed by atoms with Crippen LogP contribution in [0.5, 0.6) is 0 Å². The first-order chi connectivity index (χ1) is 21.3. The molecule has 0 aromatic rings. The molecule has 1 heterocycles. The number of carbonyl (C=O) groups excluding carboxylic acids is 1. The fourth-order valence-corrected chi connectivity index (χ4v) is 5.92. The molecule has 44 heavy (non-hydrogen) atoms. The maximum absolute atomic E-state index is 12.8. The molecule has 2 unspecified atom stereocenters. The first-order valence-electron chi connectivity index (χ1n) is 18.2. The van der Waals surface area contributed by atoms with Gasteiger partial charge < -0.3 is 40.3 Å². The number of hydrogen-bond acceptors (Lipinski definition) is 8. The van der Waals surface area contributed by atoms with Crippen LogP contribution < -0.4 is 5.32 Å². The molecule has 1 fully saturated rings. The van der Waals surface area contributed by atoms with Crippen LogP contribution in [0.1, 0.15) is 162 Å². The molecule has 0 bridgehead atoms. The molecule has 9 nitrogen and oxygen atoms in total. The van der Waals surface area contributed by atoms with Gasteiger partial charge in [-0.05, 0) is 12.8 Å². The predicted octanol–water partition coefficient (Wildman–Crippen LogP) is 5.66. The number of ether oxygens (including phenoxy) is 2. The van der Waals surface area contributed by atoms with Gasteiger partial charge in [0.15, 0.2) is 6.29 Å². The first kappa shape index (κ1) is 41.2. The summed E-state index contributed by atoms with van der Waals surface area (Å²) in [5, 5.41) is 53.8. The SMILES string of the molecule is CCCCCCCCCCCCCCC[C@@H](O)[C@H](CO[C@@H]1O[C@H](CO)[C@H](O)C(O)C1O)NC(=O)CCCCCCCCCC. The number of unbranched alkanes of at least 4 members (excludes halogenated alkanes) is 19. The van der Waals surface area contributed by atoms with E-state index in [2.05, 4.69) is 19.2 Å². The Morgan fingerprint density at radius 3 is 1.61 bits per heavy atom. The number of aliphatic hydroxyl groups is 5. The minimum atomic E-state index is -1.54. The second kappa shape index (κ2) is 27.3. The number of aliphatic hydroxyl groups excluding tert-OH is 5. The van der Waals surface area contributed by atoms with Crippen molar-refractivity contribution >= 4 is 5.91 Å². The van der Waals surface area contributed by atoms with Crippen LogP contribution in [-0.2, 0) is 14.3 Å². The highest BCUT2D eigenvalue weighted by molar-refractivity contribution is 5.76. The zero-order valence-corrected chi connectivity index (χ0v) is 28.2. The Bertz CT molecular complexity index is 667. The van der Waals surface area contributed by atoms with Gasteiger partial charge in [0, 0.05) is 6.42 Å². The van der Waals surface area contributed by atoms with Gasteiger partial charge >= 0.3 is 0 Å². The lowest BCUT2D eigenvalue weighted by atomic mass is 9.99. The van der Waals surface area contributed by atoms with Crippen LogP contribution in [0.25, 0.3) is 0 Å². The van der Waals surface area contributed by atoms with Crippen LogP contribution in [-0.4, -0.2) is 87.5 Å². The molecule has 0 aliphatic carbocycles. The van der Waals surface area contributed by atoms with Crippen LogP contribution in [0.15, 0.2) is 0 Å². The van der Waals surface area contributed by atoms with E-state index in [4.69, 9.17) is 9.47 Å². The summed E-state index contributed by atoms with van der Waals surface area (Å²) in [4.78, 5) is 12.8. The summed E-state index contributed by atoms with van der Waals surface area (Å²) < 4.78 is 11.2. The molecule has 1 amide bonds. The van der Waals surface area contributed by atoms with E-state index in [0.717, 1.165) is 38.5 Å². The Hall–Kier alpha value is -0.810. The van der Waals surface area contributed by atoms with E-state index in [9.17, 15) is 30.3 Å². The summed E-state index contributed by atoms with van der Waals surface area (Å²) in [5.74, 6) is -0.150. The van der Waals surface area contributed by atoms with E-state index >= 15 is 0 Å². The first-order valence-corrected chi connectivity index (χ1v) is 18.2. The van der Waals surface area contributed by atoms with E-state index in [1.165, 1.54) is 96.3 Å². The Morgan fingerprint density at radius 2 is 1.14 bits per heavy atom. The Balaban J connectivity index is 2.44. The molecule has 0 saturated carbocycles. The number of nitrogens with one attached hydrogen (secondary N) is 1. The van der Waals surface area contributed by atoms with Crippen LogP contribution in [0, 0.1) is 0 Å². The van der Waals surface area contributed by atoms with Gasteiger partial charge in [0.1, 0.15) is 24.4 Å². The zero-order chi connectivity index (χ0) is 32.4. The Morgan fingerprint density at radius 1 is 0.682 bits per heavy atom. The quantitative estimate of drug-likeness (QED) is 0.0580. The maximum atomic E-state index is 12.8. The van der Waals surface area contributed by atoms with E-state index in [1.54, 1.807) is 0 Å². The maximum Gasteiger partial charge on any atom is 0.220 e. The fraction of sp³-hybridized carbons (Fsp3) is 0.971. The topological polar surface area (TPSA) is 149 Å². The molecule has 1 saturated heterocycles. The second-order valence-corrected chi connectivity index (χ2v) is 13.0. The third kappa shape index (κ3) is 19.0. The molecule has 0 spiro atoms. The van der Waals surface area contributed by atoms with E-state index < -0.39 is 49.5 Å². The number of amides is 1. The van der Waals surface area contributed by atoms with Gasteiger partial charge in [-0.2, -0.15) is 0 Å². The van der Waals surface area contributed by atoms with Crippen molar-refractivity contribution in [2.75, 3.05) is 13.2 Å². The van der Waals surface area contributed by atoms with E-state index in [0.29, 0.717) is 12.8 Å². The van der Waals surface area contributed by atoms with E-state index in [-0.39, 0.29) is 12.5 Å². The van der Waals surface area contributed by atoms with Gasteiger partial charge in [0.25, 0.3) is 0 Å². The minimum Gasteiger partial charge on any atom is -0.394 e. The zero-order valence-electron chi connectivity index (χ0n) is 28.2. The van der Waals surface area contributed by atoms with Crippen molar-refractivity contribution in [1.82, 2.24) is 5.32 Å². The number of carbonyl (C=O) groups is 1. The molecule has 9 heteroatoms. The largest absolute Gasteiger partial charge is 0.394 e. The van der Waals surface area contributed by atoms with Crippen molar-refractivity contribution in [2.45, 2.75) is 204 Å².